The highest BCUT2D eigenvalue weighted by atomic mass is 16.6. The molecule has 0 bridgehead atoms. The highest BCUT2D eigenvalue weighted by Crippen LogP contribution is 2.21. The van der Waals surface area contributed by atoms with E-state index in [1.54, 1.807) is 0 Å². The Hall–Kier alpha value is -3.42. The molecule has 0 aliphatic heterocycles. The molecule has 0 atom stereocenters. The third kappa shape index (κ3) is 4.54. The number of aromatic hydroxyl groups is 1. The van der Waals surface area contributed by atoms with Crippen LogP contribution in [-0.4, -0.2) is 28.7 Å². The second-order valence-electron chi connectivity index (χ2n) is 4.96. The number of nitrogens with zero attached hydrogens (tertiary/aromatic N) is 2. The summed E-state index contributed by atoms with van der Waals surface area (Å²) in [7, 11) is 0. The fraction of sp³-hybridized carbons (Fsp3) is 0.125. The third-order valence-electron chi connectivity index (χ3n) is 3.20. The van der Waals surface area contributed by atoms with E-state index in [1.807, 2.05) is 31.2 Å². The van der Waals surface area contributed by atoms with E-state index in [1.165, 1.54) is 12.1 Å². The number of rotatable bonds is 6. The Bertz CT molecular complexity index is 789. The number of aryl methyl sites for hydroxylation is 1. The van der Waals surface area contributed by atoms with Crippen LogP contribution in [0.2, 0.25) is 0 Å². The topological polar surface area (TPSA) is 117 Å². The lowest BCUT2D eigenvalue weighted by Crippen LogP contribution is -2.26. The highest BCUT2D eigenvalue weighted by Gasteiger charge is 2.09. The molecule has 124 valence electrons. The summed E-state index contributed by atoms with van der Waals surface area (Å²) >= 11 is 0. The summed E-state index contributed by atoms with van der Waals surface area (Å²) < 4.78 is 0. The maximum atomic E-state index is 11.7. The number of para-hydroxylation sites is 1. The zero-order valence-electron chi connectivity index (χ0n) is 12.9. The Morgan fingerprint density at radius 2 is 2.08 bits per heavy atom. The predicted molar refractivity (Wildman–Crippen MR) is 90.2 cm³/mol. The lowest BCUT2D eigenvalue weighted by molar-refractivity contribution is -0.384. The molecular weight excluding hydrogens is 312 g/mol. The molecule has 8 heteroatoms. The molecule has 3 N–H and O–H groups in total. The number of phenolic OH excluding ortho intramolecular Hbond substituents is 1. The molecule has 0 fully saturated rings. The van der Waals surface area contributed by atoms with Gasteiger partial charge in [0.2, 0.25) is 0 Å². The van der Waals surface area contributed by atoms with Gasteiger partial charge in [-0.1, -0.05) is 18.2 Å². The molecule has 0 saturated carbocycles. The fourth-order valence-electron chi connectivity index (χ4n) is 1.92. The number of phenols is 1. The van der Waals surface area contributed by atoms with Crippen molar-refractivity contribution < 1.29 is 14.8 Å². The van der Waals surface area contributed by atoms with Crippen LogP contribution in [0.5, 0.6) is 5.75 Å². The zero-order valence-corrected chi connectivity index (χ0v) is 12.9. The van der Waals surface area contributed by atoms with Crippen LogP contribution in [0.4, 0.5) is 11.4 Å². The van der Waals surface area contributed by atoms with Crippen LogP contribution in [0, 0.1) is 17.0 Å². The monoisotopic (exact) mass is 328 g/mol. The van der Waals surface area contributed by atoms with Gasteiger partial charge in [0.25, 0.3) is 11.6 Å². The Kier molecular flexibility index (Phi) is 5.45. The number of benzene rings is 2. The molecule has 0 radical (unpaired) electrons. The normalized spacial score (nSPS) is 10.5. The van der Waals surface area contributed by atoms with Gasteiger partial charge in [-0.2, -0.15) is 5.10 Å². The minimum atomic E-state index is -0.582. The average molecular weight is 328 g/mol. The van der Waals surface area contributed by atoms with Crippen molar-refractivity contribution in [1.29, 1.82) is 0 Å². The highest BCUT2D eigenvalue weighted by molar-refractivity contribution is 5.87. The van der Waals surface area contributed by atoms with Crippen LogP contribution in [0.3, 0.4) is 0 Å². The van der Waals surface area contributed by atoms with Gasteiger partial charge >= 0.3 is 0 Å². The number of anilines is 1. The largest absolute Gasteiger partial charge is 0.507 e. The molecule has 0 unspecified atom stereocenters. The molecular formula is C16H16N4O4. The summed E-state index contributed by atoms with van der Waals surface area (Å²) in [6.45, 7) is 1.94. The van der Waals surface area contributed by atoms with Gasteiger partial charge in [0.1, 0.15) is 5.75 Å². The Morgan fingerprint density at radius 1 is 1.33 bits per heavy atom. The van der Waals surface area contributed by atoms with E-state index >= 15 is 0 Å². The summed E-state index contributed by atoms with van der Waals surface area (Å²) in [4.78, 5) is 21.8. The van der Waals surface area contributed by atoms with Crippen LogP contribution in [-0.2, 0) is 4.79 Å². The Labute approximate surface area is 138 Å². The van der Waals surface area contributed by atoms with Crippen molar-refractivity contribution >= 4 is 23.5 Å². The fourth-order valence-corrected chi connectivity index (χ4v) is 1.92. The van der Waals surface area contributed by atoms with Gasteiger partial charge in [0.05, 0.1) is 17.7 Å². The first-order valence-corrected chi connectivity index (χ1v) is 7.06. The quantitative estimate of drug-likeness (QED) is 0.427. The van der Waals surface area contributed by atoms with E-state index in [4.69, 9.17) is 0 Å². The van der Waals surface area contributed by atoms with Crippen molar-refractivity contribution in [3.63, 3.8) is 0 Å². The minimum Gasteiger partial charge on any atom is -0.507 e. The lowest BCUT2D eigenvalue weighted by Gasteiger charge is -2.07. The van der Waals surface area contributed by atoms with Crippen molar-refractivity contribution in [2.75, 3.05) is 11.9 Å². The minimum absolute atomic E-state index is 0.0170. The zero-order chi connectivity index (χ0) is 17.5. The Balaban J connectivity index is 1.92. The number of amides is 1. The van der Waals surface area contributed by atoms with E-state index in [0.717, 1.165) is 23.5 Å². The molecule has 8 nitrogen and oxygen atoms in total. The van der Waals surface area contributed by atoms with Crippen molar-refractivity contribution in [2.24, 2.45) is 5.10 Å². The second-order valence-corrected chi connectivity index (χ2v) is 4.96. The van der Waals surface area contributed by atoms with E-state index in [2.05, 4.69) is 15.8 Å². The van der Waals surface area contributed by atoms with Crippen molar-refractivity contribution in [2.45, 2.75) is 6.92 Å². The van der Waals surface area contributed by atoms with Crippen molar-refractivity contribution in [3.8, 4) is 5.75 Å². The molecule has 0 heterocycles. The molecule has 2 rings (SSSR count). The average Bonchev–Trinajstić information content (AvgIpc) is 2.55. The molecule has 0 aliphatic rings. The molecule has 0 aromatic heterocycles. The van der Waals surface area contributed by atoms with Crippen LogP contribution in [0.1, 0.15) is 11.1 Å². The Morgan fingerprint density at radius 3 is 2.79 bits per heavy atom. The first-order valence-electron chi connectivity index (χ1n) is 7.06. The smallest absolute Gasteiger partial charge is 0.270 e. The molecule has 24 heavy (non-hydrogen) atoms. The number of hydrazone groups is 1. The number of hydrogen-bond acceptors (Lipinski definition) is 6. The summed E-state index contributed by atoms with van der Waals surface area (Å²) in [5, 5.41) is 27.0. The van der Waals surface area contributed by atoms with E-state index in [9.17, 15) is 20.0 Å². The van der Waals surface area contributed by atoms with Crippen LogP contribution < -0.4 is 10.7 Å². The van der Waals surface area contributed by atoms with Crippen molar-refractivity contribution in [1.82, 2.24) is 5.43 Å². The predicted octanol–water partition coefficient (Wildman–Crippen LogP) is 2.17. The van der Waals surface area contributed by atoms with E-state index in [-0.39, 0.29) is 29.5 Å². The van der Waals surface area contributed by atoms with E-state index in [0.29, 0.717) is 0 Å². The van der Waals surface area contributed by atoms with Gasteiger partial charge in [-0.25, -0.2) is 5.43 Å². The summed E-state index contributed by atoms with van der Waals surface area (Å²) in [6.07, 6.45) is 1.15. The first kappa shape index (κ1) is 16.9. The number of nitro groups is 1. The molecule has 0 spiro atoms. The SMILES string of the molecule is Cc1ccccc1NCC(=O)N/N=C\c1cc([N+](=O)[O-])ccc1O. The number of nitrogens with one attached hydrogen (secondary N) is 2. The van der Waals surface area contributed by atoms with Gasteiger partial charge < -0.3 is 10.4 Å². The van der Waals surface area contributed by atoms with Crippen molar-refractivity contribution in [3.05, 3.63) is 63.7 Å². The number of non-ortho nitro benzene ring substituents is 1. The van der Waals surface area contributed by atoms with Crippen LogP contribution in [0.25, 0.3) is 0 Å². The van der Waals surface area contributed by atoms with Crippen LogP contribution in [0.15, 0.2) is 47.6 Å². The summed E-state index contributed by atoms with van der Waals surface area (Å²) in [5.41, 5.74) is 4.09. The molecule has 0 saturated heterocycles. The maximum absolute atomic E-state index is 11.7. The molecule has 2 aromatic carbocycles. The molecule has 1 amide bonds. The first-order chi connectivity index (χ1) is 11.5. The van der Waals surface area contributed by atoms with Gasteiger partial charge in [0.15, 0.2) is 0 Å². The maximum Gasteiger partial charge on any atom is 0.270 e. The van der Waals surface area contributed by atoms with Gasteiger partial charge in [-0.3, -0.25) is 14.9 Å². The number of nitro benzene ring substituents is 1. The van der Waals surface area contributed by atoms with Gasteiger partial charge in [0, 0.05) is 23.4 Å². The second kappa shape index (κ2) is 7.73. The van der Waals surface area contributed by atoms with Gasteiger partial charge in [-0.15, -0.1) is 0 Å². The van der Waals surface area contributed by atoms with E-state index < -0.39 is 4.92 Å². The summed E-state index contributed by atoms with van der Waals surface area (Å²) in [6, 6.07) is 11.1. The molecule has 0 aliphatic carbocycles. The van der Waals surface area contributed by atoms with Gasteiger partial charge in [-0.05, 0) is 24.6 Å². The summed E-state index contributed by atoms with van der Waals surface area (Å²) in [5.74, 6) is -0.559. The number of carbonyl (C=O) groups excluding carboxylic acids is 1. The number of hydrogen-bond donors (Lipinski definition) is 3. The lowest BCUT2D eigenvalue weighted by atomic mass is 10.2. The van der Waals surface area contributed by atoms with Crippen LogP contribution >= 0.6 is 0 Å². The number of carbonyl (C=O) groups is 1. The standard InChI is InChI=1S/C16H16N4O4/c1-11-4-2-3-5-14(11)17-10-16(22)19-18-9-12-8-13(20(23)24)6-7-15(12)21/h2-9,17,21H,10H2,1H3,(H,19,22)/b18-9-. The molecule has 2 aromatic rings. The third-order valence-corrected chi connectivity index (χ3v) is 3.20.